The van der Waals surface area contributed by atoms with Gasteiger partial charge in [-0.05, 0) is 38.0 Å². The third-order valence-electron chi connectivity index (χ3n) is 6.07. The summed E-state index contributed by atoms with van der Waals surface area (Å²) in [7, 11) is 0. The molecule has 0 bridgehead atoms. The fourth-order valence-corrected chi connectivity index (χ4v) is 4.54. The van der Waals surface area contributed by atoms with E-state index in [9.17, 15) is 0 Å². The molecule has 0 radical (unpaired) electrons. The maximum atomic E-state index is 6.13. The molecule has 0 amide bonds. The zero-order valence-electron chi connectivity index (χ0n) is 14.5. The molecule has 122 valence electrons. The Balaban J connectivity index is 1.70. The van der Waals surface area contributed by atoms with E-state index in [1.165, 1.54) is 51.6 Å². The molecule has 1 aliphatic carbocycles. The first-order chi connectivity index (χ1) is 9.89. The van der Waals surface area contributed by atoms with Crippen LogP contribution in [0.4, 0.5) is 0 Å². The monoisotopic (exact) mass is 294 g/mol. The van der Waals surface area contributed by atoms with E-state index < -0.39 is 0 Å². The molecular formula is C18H34N2O. The lowest BCUT2D eigenvalue weighted by molar-refractivity contribution is -0.0325. The number of piperazine rings is 1. The quantitative estimate of drug-likeness (QED) is 0.846. The Morgan fingerprint density at radius 1 is 1.19 bits per heavy atom. The Morgan fingerprint density at radius 2 is 1.90 bits per heavy atom. The van der Waals surface area contributed by atoms with Crippen molar-refractivity contribution in [2.24, 2.45) is 5.41 Å². The Morgan fingerprint density at radius 3 is 2.48 bits per heavy atom. The topological polar surface area (TPSA) is 24.5 Å². The summed E-state index contributed by atoms with van der Waals surface area (Å²) in [5, 5.41) is 3.87. The molecule has 1 spiro atoms. The highest BCUT2D eigenvalue weighted by atomic mass is 16.5. The van der Waals surface area contributed by atoms with Crippen molar-refractivity contribution in [2.75, 3.05) is 19.6 Å². The third-order valence-corrected chi connectivity index (χ3v) is 6.07. The van der Waals surface area contributed by atoms with E-state index in [0.717, 1.165) is 6.54 Å². The number of hydrogen-bond acceptors (Lipinski definition) is 3. The highest BCUT2D eigenvalue weighted by Gasteiger charge is 2.46. The van der Waals surface area contributed by atoms with Crippen molar-refractivity contribution in [1.29, 1.82) is 0 Å². The van der Waals surface area contributed by atoms with Crippen LogP contribution in [-0.4, -0.2) is 48.3 Å². The van der Waals surface area contributed by atoms with Gasteiger partial charge in [0.2, 0.25) is 0 Å². The highest BCUT2D eigenvalue weighted by molar-refractivity contribution is 5.04. The van der Waals surface area contributed by atoms with Crippen molar-refractivity contribution in [1.82, 2.24) is 10.2 Å². The van der Waals surface area contributed by atoms with Crippen LogP contribution in [0.1, 0.15) is 66.2 Å². The second-order valence-corrected chi connectivity index (χ2v) is 8.78. The van der Waals surface area contributed by atoms with E-state index in [1.54, 1.807) is 0 Å². The summed E-state index contributed by atoms with van der Waals surface area (Å²) in [6.07, 6.45) is 8.99. The molecule has 3 rings (SSSR count). The minimum absolute atomic E-state index is 0.336. The van der Waals surface area contributed by atoms with E-state index in [4.69, 9.17) is 4.74 Å². The molecule has 1 N–H and O–H groups in total. The molecule has 3 heteroatoms. The van der Waals surface area contributed by atoms with Crippen LogP contribution in [0, 0.1) is 5.41 Å². The zero-order valence-corrected chi connectivity index (χ0v) is 14.5. The maximum absolute atomic E-state index is 6.13. The van der Waals surface area contributed by atoms with Crippen molar-refractivity contribution in [2.45, 2.75) is 90.0 Å². The molecule has 0 aromatic rings. The van der Waals surface area contributed by atoms with Crippen LogP contribution in [0.2, 0.25) is 0 Å². The summed E-state index contributed by atoms with van der Waals surface area (Å²) in [5.74, 6) is 0. The van der Waals surface area contributed by atoms with E-state index in [0.29, 0.717) is 29.2 Å². The lowest BCUT2D eigenvalue weighted by Crippen LogP contribution is -2.67. The number of nitrogens with one attached hydrogen (secondary N) is 1. The molecule has 0 aromatic heterocycles. The minimum Gasteiger partial charge on any atom is -0.374 e. The van der Waals surface area contributed by atoms with Gasteiger partial charge < -0.3 is 10.1 Å². The molecule has 3 nitrogen and oxygen atoms in total. The third kappa shape index (κ3) is 3.30. The number of rotatable bonds is 2. The predicted molar refractivity (Wildman–Crippen MR) is 87.6 cm³/mol. The van der Waals surface area contributed by atoms with Crippen molar-refractivity contribution >= 4 is 0 Å². The van der Waals surface area contributed by atoms with E-state index in [-0.39, 0.29) is 0 Å². The molecule has 2 saturated heterocycles. The first kappa shape index (κ1) is 15.8. The van der Waals surface area contributed by atoms with Crippen molar-refractivity contribution in [3.63, 3.8) is 0 Å². The first-order valence-corrected chi connectivity index (χ1v) is 9.03. The lowest BCUT2D eigenvalue weighted by atomic mass is 9.81. The smallest absolute Gasteiger partial charge is 0.0706 e. The van der Waals surface area contributed by atoms with Crippen LogP contribution in [0.15, 0.2) is 0 Å². The van der Waals surface area contributed by atoms with Crippen LogP contribution in [-0.2, 0) is 4.74 Å². The van der Waals surface area contributed by atoms with Gasteiger partial charge in [0.1, 0.15) is 0 Å². The molecule has 3 fully saturated rings. The Bertz CT molecular complexity index is 357. The van der Waals surface area contributed by atoms with Crippen LogP contribution < -0.4 is 5.32 Å². The van der Waals surface area contributed by atoms with Gasteiger partial charge in [0, 0.05) is 31.2 Å². The van der Waals surface area contributed by atoms with Gasteiger partial charge in [-0.2, -0.15) is 0 Å². The fourth-order valence-electron chi connectivity index (χ4n) is 4.54. The van der Waals surface area contributed by atoms with Gasteiger partial charge in [-0.25, -0.2) is 0 Å². The number of hydrogen-bond donors (Lipinski definition) is 1. The summed E-state index contributed by atoms with van der Waals surface area (Å²) in [6, 6.07) is 0.600. The van der Waals surface area contributed by atoms with Crippen molar-refractivity contribution in [3.05, 3.63) is 0 Å². The molecule has 21 heavy (non-hydrogen) atoms. The van der Waals surface area contributed by atoms with Gasteiger partial charge >= 0.3 is 0 Å². The average Bonchev–Trinajstić information content (AvgIpc) is 3.01. The van der Waals surface area contributed by atoms with Gasteiger partial charge in [0.15, 0.2) is 0 Å². The van der Waals surface area contributed by atoms with E-state index in [2.05, 4.69) is 37.9 Å². The molecule has 2 aliphatic heterocycles. The molecule has 3 unspecified atom stereocenters. The van der Waals surface area contributed by atoms with Gasteiger partial charge in [-0.15, -0.1) is 0 Å². The van der Waals surface area contributed by atoms with Crippen LogP contribution in [0.25, 0.3) is 0 Å². The summed E-state index contributed by atoms with van der Waals surface area (Å²) in [6.45, 7) is 12.8. The van der Waals surface area contributed by atoms with Gasteiger partial charge in [-0.3, -0.25) is 4.90 Å². The molecule has 1 saturated carbocycles. The highest BCUT2D eigenvalue weighted by Crippen LogP contribution is 2.39. The van der Waals surface area contributed by atoms with E-state index in [1.807, 2.05) is 0 Å². The fraction of sp³-hybridized carbons (Fsp3) is 1.00. The zero-order chi connectivity index (χ0) is 15.1. The maximum Gasteiger partial charge on any atom is 0.0706 e. The number of nitrogens with zero attached hydrogens (tertiary/aromatic N) is 1. The van der Waals surface area contributed by atoms with Gasteiger partial charge in [0.25, 0.3) is 0 Å². The second kappa shape index (κ2) is 5.82. The van der Waals surface area contributed by atoms with Crippen LogP contribution in [0.3, 0.4) is 0 Å². The molecule has 3 atom stereocenters. The second-order valence-electron chi connectivity index (χ2n) is 8.78. The standard InChI is InChI=1S/C18H34N2O/c1-14-7-8-15(21-14)11-20-12-16(17(2,3)4)19-13-18(20)9-5-6-10-18/h14-16,19H,5-13H2,1-4H3. The molecule has 0 aromatic carbocycles. The SMILES string of the molecule is CC1CCC(CN2CC(C(C)(C)C)NCC23CCCC3)O1. The van der Waals surface area contributed by atoms with E-state index >= 15 is 0 Å². The predicted octanol–water partition coefficient (Wildman–Crippen LogP) is 3.19. The van der Waals surface area contributed by atoms with Crippen molar-refractivity contribution < 1.29 is 4.74 Å². The summed E-state index contributed by atoms with van der Waals surface area (Å²) < 4.78 is 6.13. The average molecular weight is 294 g/mol. The Labute approximate surface area is 130 Å². The summed E-state index contributed by atoms with van der Waals surface area (Å²) >= 11 is 0. The molecule has 2 heterocycles. The minimum atomic E-state index is 0.336. The number of ether oxygens (including phenoxy) is 1. The normalized spacial score (nSPS) is 37.4. The van der Waals surface area contributed by atoms with Crippen LogP contribution >= 0.6 is 0 Å². The Kier molecular flexibility index (Phi) is 4.37. The van der Waals surface area contributed by atoms with Crippen molar-refractivity contribution in [3.8, 4) is 0 Å². The molecular weight excluding hydrogens is 260 g/mol. The lowest BCUT2D eigenvalue weighted by Gasteiger charge is -2.52. The van der Waals surface area contributed by atoms with Crippen LogP contribution in [0.5, 0.6) is 0 Å². The summed E-state index contributed by atoms with van der Waals surface area (Å²) in [4.78, 5) is 2.81. The largest absolute Gasteiger partial charge is 0.374 e. The first-order valence-electron chi connectivity index (χ1n) is 9.03. The van der Waals surface area contributed by atoms with Gasteiger partial charge in [0.05, 0.1) is 12.2 Å². The Hall–Kier alpha value is -0.120. The van der Waals surface area contributed by atoms with Gasteiger partial charge in [-0.1, -0.05) is 33.6 Å². The summed E-state index contributed by atoms with van der Waals surface area (Å²) in [5.41, 5.74) is 0.763. The molecule has 3 aliphatic rings.